The summed E-state index contributed by atoms with van der Waals surface area (Å²) in [5.41, 5.74) is -1.16. The van der Waals surface area contributed by atoms with E-state index in [4.69, 9.17) is 18.9 Å². The van der Waals surface area contributed by atoms with Gasteiger partial charge in [-0.3, -0.25) is 14.4 Å². The highest BCUT2D eigenvalue weighted by Crippen LogP contribution is 2.37. The Bertz CT molecular complexity index is 763. The Balaban J connectivity index is -0.00000120. The molecule has 256 valence electrons. The standard InChI is InChI=1S/C32H54O7.4CH4/c1-7-10-11-12-13-14-15-16-17-18-23-36-24-21-32(6,9-3)27-31(4,5)30(35)39-26-25-38-29(34)20-19-28(33)37-22-8-2;;;;/h8H,2,7,9-20,22-23,25-27H2,1,3-6H3;4*1H4. The molecular formula is C36H70O7. The lowest BCUT2D eigenvalue weighted by Gasteiger charge is -2.31. The van der Waals surface area contributed by atoms with Gasteiger partial charge < -0.3 is 18.9 Å². The molecule has 0 heterocycles. The molecule has 0 aliphatic carbocycles. The second-order valence-corrected chi connectivity index (χ2v) is 11.1. The monoisotopic (exact) mass is 615 g/mol. The fraction of sp³-hybridized carbons (Fsp3) is 0.806. The first-order chi connectivity index (χ1) is 18.6. The summed E-state index contributed by atoms with van der Waals surface area (Å²) in [4.78, 5) is 35.8. The SMILES string of the molecule is C.C.C.C.C=CCOC(=O)CCC(=O)OCCOC(=O)C(C)(C)CC(C)(C#COCCCCCCCCCCCC)CC. The van der Waals surface area contributed by atoms with Gasteiger partial charge in [0.15, 0.2) is 0 Å². The van der Waals surface area contributed by atoms with Gasteiger partial charge in [0.1, 0.15) is 32.5 Å². The molecule has 0 radical (unpaired) electrons. The van der Waals surface area contributed by atoms with E-state index in [0.717, 1.165) is 19.3 Å². The molecule has 0 aliphatic heterocycles. The van der Waals surface area contributed by atoms with Crippen molar-refractivity contribution in [3.05, 3.63) is 12.7 Å². The third-order valence-electron chi connectivity index (χ3n) is 6.66. The number of rotatable bonds is 23. The molecule has 0 aromatic rings. The van der Waals surface area contributed by atoms with Gasteiger partial charge in [0, 0.05) is 5.41 Å². The van der Waals surface area contributed by atoms with E-state index in [2.05, 4.69) is 25.5 Å². The maximum Gasteiger partial charge on any atom is 0.311 e. The second-order valence-electron chi connectivity index (χ2n) is 11.1. The van der Waals surface area contributed by atoms with Crippen molar-refractivity contribution in [1.29, 1.82) is 0 Å². The van der Waals surface area contributed by atoms with Crippen LogP contribution in [0.4, 0.5) is 0 Å². The molecule has 0 aliphatic rings. The van der Waals surface area contributed by atoms with Crippen molar-refractivity contribution in [3.63, 3.8) is 0 Å². The first-order valence-electron chi connectivity index (χ1n) is 14.8. The van der Waals surface area contributed by atoms with E-state index in [0.29, 0.717) is 13.0 Å². The summed E-state index contributed by atoms with van der Waals surface area (Å²) in [6.07, 6.45) is 18.2. The van der Waals surface area contributed by atoms with E-state index in [-0.39, 0.29) is 68.3 Å². The van der Waals surface area contributed by atoms with Crippen molar-refractivity contribution in [2.24, 2.45) is 10.8 Å². The van der Waals surface area contributed by atoms with Crippen LogP contribution in [-0.4, -0.2) is 44.3 Å². The van der Waals surface area contributed by atoms with Crippen molar-refractivity contribution in [1.82, 2.24) is 0 Å². The summed E-state index contributed by atoms with van der Waals surface area (Å²) in [6, 6.07) is 0. The molecule has 7 heteroatoms. The Morgan fingerprint density at radius 3 is 1.70 bits per heavy atom. The van der Waals surface area contributed by atoms with Crippen molar-refractivity contribution >= 4 is 17.9 Å². The van der Waals surface area contributed by atoms with Gasteiger partial charge >= 0.3 is 17.9 Å². The van der Waals surface area contributed by atoms with Gasteiger partial charge in [0.25, 0.3) is 0 Å². The summed E-state index contributed by atoms with van der Waals surface area (Å²) < 4.78 is 20.8. The van der Waals surface area contributed by atoms with Crippen LogP contribution in [0.5, 0.6) is 0 Å². The summed E-state index contributed by atoms with van der Waals surface area (Å²) >= 11 is 0. The van der Waals surface area contributed by atoms with Crippen LogP contribution in [0.1, 0.15) is 154 Å². The van der Waals surface area contributed by atoms with Crippen LogP contribution in [0.25, 0.3) is 0 Å². The molecule has 0 bridgehead atoms. The Morgan fingerprint density at radius 2 is 1.19 bits per heavy atom. The van der Waals surface area contributed by atoms with Crippen molar-refractivity contribution in [2.75, 3.05) is 26.4 Å². The minimum absolute atomic E-state index is 0. The number of hydrogen-bond donors (Lipinski definition) is 0. The third kappa shape index (κ3) is 28.1. The normalized spacial score (nSPS) is 11.3. The largest absolute Gasteiger partial charge is 0.462 e. The lowest BCUT2D eigenvalue weighted by Crippen LogP contribution is -2.33. The number of unbranched alkanes of at least 4 members (excludes halogenated alkanes) is 9. The second kappa shape index (κ2) is 31.0. The molecule has 7 nitrogen and oxygen atoms in total. The van der Waals surface area contributed by atoms with E-state index in [9.17, 15) is 14.4 Å². The molecule has 0 amide bonds. The molecule has 0 spiro atoms. The number of carbonyl (C=O) groups excluding carboxylic acids is 3. The zero-order valence-corrected chi connectivity index (χ0v) is 25.4. The zero-order valence-electron chi connectivity index (χ0n) is 25.4. The van der Waals surface area contributed by atoms with Crippen LogP contribution < -0.4 is 0 Å². The van der Waals surface area contributed by atoms with Gasteiger partial charge in [-0.05, 0) is 40.0 Å². The Kier molecular flexibility index (Phi) is 36.1. The predicted octanol–water partition coefficient (Wildman–Crippen LogP) is 9.86. The van der Waals surface area contributed by atoms with Crippen LogP contribution in [0, 0.1) is 22.9 Å². The Morgan fingerprint density at radius 1 is 0.698 bits per heavy atom. The molecular weight excluding hydrogens is 544 g/mol. The fourth-order valence-electron chi connectivity index (χ4n) is 4.16. The summed E-state index contributed by atoms with van der Waals surface area (Å²) in [5, 5.41) is 0. The number of ether oxygens (including phenoxy) is 4. The molecule has 0 aromatic heterocycles. The Labute approximate surface area is 267 Å². The molecule has 1 atom stereocenters. The van der Waals surface area contributed by atoms with Gasteiger partial charge in [-0.2, -0.15) is 0 Å². The van der Waals surface area contributed by atoms with E-state index >= 15 is 0 Å². The lowest BCUT2D eigenvalue weighted by atomic mass is 9.73. The summed E-state index contributed by atoms with van der Waals surface area (Å²) in [7, 11) is 0. The lowest BCUT2D eigenvalue weighted by molar-refractivity contribution is -0.160. The quantitative estimate of drug-likeness (QED) is 0.0372. The van der Waals surface area contributed by atoms with Crippen LogP contribution in [0.15, 0.2) is 12.7 Å². The van der Waals surface area contributed by atoms with Gasteiger partial charge in [0.05, 0.1) is 18.3 Å². The maximum absolute atomic E-state index is 12.7. The van der Waals surface area contributed by atoms with Crippen LogP contribution in [0.2, 0.25) is 0 Å². The zero-order chi connectivity index (χ0) is 29.4. The first-order valence-corrected chi connectivity index (χ1v) is 14.8. The Hall–Kier alpha value is -2.49. The van der Waals surface area contributed by atoms with Crippen molar-refractivity contribution in [3.8, 4) is 12.0 Å². The van der Waals surface area contributed by atoms with Crippen molar-refractivity contribution in [2.45, 2.75) is 154 Å². The van der Waals surface area contributed by atoms with Gasteiger partial charge in [0.2, 0.25) is 0 Å². The van der Waals surface area contributed by atoms with Gasteiger partial charge in [-0.25, -0.2) is 0 Å². The first kappa shape index (κ1) is 50.2. The molecule has 0 saturated heterocycles. The molecule has 1 unspecified atom stereocenters. The van der Waals surface area contributed by atoms with Crippen molar-refractivity contribution < 1.29 is 33.3 Å². The topological polar surface area (TPSA) is 88.1 Å². The smallest absolute Gasteiger partial charge is 0.311 e. The van der Waals surface area contributed by atoms with Crippen LogP contribution >= 0.6 is 0 Å². The molecule has 0 N–H and O–H groups in total. The van der Waals surface area contributed by atoms with E-state index in [1.54, 1.807) is 0 Å². The highest BCUT2D eigenvalue weighted by Gasteiger charge is 2.37. The summed E-state index contributed by atoms with van der Waals surface area (Å²) in [6.45, 7) is 14.0. The average molecular weight is 615 g/mol. The van der Waals surface area contributed by atoms with E-state index in [1.165, 1.54) is 57.4 Å². The highest BCUT2D eigenvalue weighted by molar-refractivity contribution is 5.78. The van der Waals surface area contributed by atoms with Gasteiger partial charge in [-0.1, -0.05) is 120 Å². The molecule has 43 heavy (non-hydrogen) atoms. The molecule has 0 saturated carbocycles. The third-order valence-corrected chi connectivity index (χ3v) is 6.66. The highest BCUT2D eigenvalue weighted by atomic mass is 16.6. The van der Waals surface area contributed by atoms with Gasteiger partial charge in [-0.15, -0.1) is 0 Å². The average Bonchev–Trinajstić information content (AvgIpc) is 2.90. The molecule has 0 rings (SSSR count). The van der Waals surface area contributed by atoms with Crippen LogP contribution in [0.3, 0.4) is 0 Å². The summed E-state index contributed by atoms with van der Waals surface area (Å²) in [5.74, 6) is 1.80. The molecule has 0 aromatic carbocycles. The maximum atomic E-state index is 12.7. The number of carbonyl (C=O) groups is 3. The molecule has 0 fully saturated rings. The fourth-order valence-corrected chi connectivity index (χ4v) is 4.16. The van der Waals surface area contributed by atoms with Crippen LogP contribution in [-0.2, 0) is 33.3 Å². The van der Waals surface area contributed by atoms with E-state index in [1.807, 2.05) is 27.7 Å². The predicted molar refractivity (Wildman–Crippen MR) is 182 cm³/mol. The van der Waals surface area contributed by atoms with E-state index < -0.39 is 22.8 Å². The minimum atomic E-state index is -0.769. The number of hydrogen-bond acceptors (Lipinski definition) is 7. The minimum Gasteiger partial charge on any atom is -0.462 e. The number of esters is 3.